The van der Waals surface area contributed by atoms with E-state index in [-0.39, 0.29) is 11.3 Å². The molecule has 1 heterocycles. The zero-order valence-electron chi connectivity index (χ0n) is 16.3. The predicted molar refractivity (Wildman–Crippen MR) is 117 cm³/mol. The summed E-state index contributed by atoms with van der Waals surface area (Å²) in [6, 6.07) is 6.44. The number of rotatable bonds is 7. The first-order valence-corrected chi connectivity index (χ1v) is 11.2. The summed E-state index contributed by atoms with van der Waals surface area (Å²) in [6.45, 7) is 0. The van der Waals surface area contributed by atoms with Crippen LogP contribution in [0.2, 0.25) is 10.0 Å². The number of hydrogen-bond acceptors (Lipinski definition) is 3. The van der Waals surface area contributed by atoms with E-state index in [0.717, 1.165) is 29.7 Å². The molecule has 1 fully saturated rings. The second-order valence-corrected chi connectivity index (χ2v) is 9.06. The number of allylic oxidation sites excluding steroid dienone is 1. The lowest BCUT2D eigenvalue weighted by molar-refractivity contribution is -0.139. The van der Waals surface area contributed by atoms with Crippen LogP contribution in [0.4, 0.5) is 17.6 Å². The third-order valence-electron chi connectivity index (χ3n) is 4.91. The van der Waals surface area contributed by atoms with Gasteiger partial charge in [-0.05, 0) is 52.8 Å². The van der Waals surface area contributed by atoms with Gasteiger partial charge in [0, 0.05) is 6.42 Å². The summed E-state index contributed by atoms with van der Waals surface area (Å²) in [4.78, 5) is 12.5. The van der Waals surface area contributed by atoms with Crippen molar-refractivity contribution in [1.82, 2.24) is 0 Å². The Morgan fingerprint density at radius 3 is 2.39 bits per heavy atom. The maximum atomic E-state index is 13.6. The number of ether oxygens (including phenoxy) is 1. The van der Waals surface area contributed by atoms with Gasteiger partial charge in [0.05, 0.1) is 28.6 Å². The molecule has 9 heteroatoms. The van der Waals surface area contributed by atoms with Crippen molar-refractivity contribution in [3.8, 4) is 5.75 Å². The van der Waals surface area contributed by atoms with Crippen LogP contribution in [0.1, 0.15) is 33.8 Å². The van der Waals surface area contributed by atoms with Crippen LogP contribution < -0.4 is 4.74 Å². The second-order valence-electron chi connectivity index (χ2n) is 7.17. The molecule has 1 aliphatic heterocycles. The molecule has 1 aliphatic rings. The molecular weight excluding hydrogens is 475 g/mol. The number of thioether (sulfide) groups is 1. The topological polar surface area (TPSA) is 26.3 Å². The highest BCUT2D eigenvalue weighted by atomic mass is 35.5. The number of ketones is 1. The van der Waals surface area contributed by atoms with E-state index in [1.807, 2.05) is 0 Å². The van der Waals surface area contributed by atoms with E-state index in [1.165, 1.54) is 19.3 Å². The molecule has 0 bridgehead atoms. The van der Waals surface area contributed by atoms with Gasteiger partial charge >= 0.3 is 6.18 Å². The summed E-state index contributed by atoms with van der Waals surface area (Å²) in [7, 11) is 1.40. The molecule has 0 N–H and O–H groups in total. The molecule has 1 unspecified atom stereocenters. The standard InChI is InChI=1S/C22H18Cl2F4O2S/c1-30-20-7-12(2-4-15(20)19(29)6-13-10-31-11-13)3-5-16(22(26,27)28)14-8-17(23)21(25)18(24)9-14/h2-5,7-9,13,16H,6,10-11H2,1H3/b5-3+. The predicted octanol–water partition coefficient (Wildman–Crippen LogP) is 7.44. The highest BCUT2D eigenvalue weighted by Gasteiger charge is 2.39. The number of carbonyl (C=O) groups is 1. The molecule has 0 aliphatic carbocycles. The van der Waals surface area contributed by atoms with Crippen molar-refractivity contribution in [2.75, 3.05) is 18.6 Å². The van der Waals surface area contributed by atoms with Crippen LogP contribution in [0.5, 0.6) is 5.75 Å². The molecule has 0 saturated carbocycles. The zero-order chi connectivity index (χ0) is 22.8. The Morgan fingerprint density at radius 2 is 1.87 bits per heavy atom. The third kappa shape index (κ3) is 5.76. The molecule has 2 aromatic rings. The smallest absolute Gasteiger partial charge is 0.399 e. The minimum Gasteiger partial charge on any atom is -0.496 e. The molecule has 1 saturated heterocycles. The Kier molecular flexibility index (Phi) is 7.60. The number of alkyl halides is 3. The first kappa shape index (κ1) is 24.0. The summed E-state index contributed by atoms with van der Waals surface area (Å²) >= 11 is 13.1. The molecule has 166 valence electrons. The van der Waals surface area contributed by atoms with Gasteiger partial charge in [-0.15, -0.1) is 0 Å². The number of methoxy groups -OCH3 is 1. The van der Waals surface area contributed by atoms with Crippen molar-refractivity contribution >= 4 is 46.8 Å². The van der Waals surface area contributed by atoms with E-state index in [4.69, 9.17) is 27.9 Å². The van der Waals surface area contributed by atoms with Gasteiger partial charge in [0.1, 0.15) is 5.75 Å². The third-order valence-corrected chi connectivity index (χ3v) is 6.87. The van der Waals surface area contributed by atoms with Gasteiger partial charge in [-0.3, -0.25) is 4.79 Å². The summed E-state index contributed by atoms with van der Waals surface area (Å²) < 4.78 is 59.8. The van der Waals surface area contributed by atoms with Gasteiger partial charge in [-0.25, -0.2) is 4.39 Å². The zero-order valence-corrected chi connectivity index (χ0v) is 18.6. The number of carbonyl (C=O) groups excluding carboxylic acids is 1. The van der Waals surface area contributed by atoms with Crippen molar-refractivity contribution in [1.29, 1.82) is 0 Å². The lowest BCUT2D eigenvalue weighted by Crippen LogP contribution is -2.21. The van der Waals surface area contributed by atoms with Gasteiger partial charge in [0.25, 0.3) is 0 Å². The lowest BCUT2D eigenvalue weighted by Gasteiger charge is -2.24. The molecule has 0 radical (unpaired) electrons. The Labute approximate surface area is 191 Å². The van der Waals surface area contributed by atoms with Gasteiger partial charge in [-0.2, -0.15) is 24.9 Å². The maximum Gasteiger partial charge on any atom is 0.399 e. The van der Waals surface area contributed by atoms with E-state index in [9.17, 15) is 22.4 Å². The quantitative estimate of drug-likeness (QED) is 0.228. The van der Waals surface area contributed by atoms with Crippen molar-refractivity contribution in [3.05, 3.63) is 69.0 Å². The monoisotopic (exact) mass is 492 g/mol. The minimum absolute atomic E-state index is 0.0542. The van der Waals surface area contributed by atoms with Crippen LogP contribution in [-0.4, -0.2) is 30.6 Å². The van der Waals surface area contributed by atoms with E-state index < -0.39 is 28.0 Å². The van der Waals surface area contributed by atoms with Crippen molar-refractivity contribution in [2.45, 2.75) is 18.5 Å². The van der Waals surface area contributed by atoms with E-state index in [0.29, 0.717) is 29.2 Å². The van der Waals surface area contributed by atoms with E-state index >= 15 is 0 Å². The lowest BCUT2D eigenvalue weighted by atomic mass is 9.96. The number of Topliss-reactive ketones (excluding diaryl/α,β-unsaturated/α-hetero) is 1. The van der Waals surface area contributed by atoms with E-state index in [1.54, 1.807) is 23.9 Å². The maximum absolute atomic E-state index is 13.6. The van der Waals surface area contributed by atoms with Crippen molar-refractivity contribution in [3.63, 3.8) is 0 Å². The molecule has 0 aromatic heterocycles. The molecule has 2 nitrogen and oxygen atoms in total. The second kappa shape index (κ2) is 9.84. The summed E-state index contributed by atoms with van der Waals surface area (Å²) in [5, 5.41) is -0.973. The fourth-order valence-corrected chi connectivity index (χ4v) is 4.50. The number of benzene rings is 2. The molecule has 2 aromatic carbocycles. The van der Waals surface area contributed by atoms with Crippen LogP contribution >= 0.6 is 35.0 Å². The minimum atomic E-state index is -4.65. The van der Waals surface area contributed by atoms with Gasteiger partial charge in [-0.1, -0.05) is 41.4 Å². The highest BCUT2D eigenvalue weighted by molar-refractivity contribution is 8.00. The molecular formula is C22H18Cl2F4O2S. The van der Waals surface area contributed by atoms with Gasteiger partial charge < -0.3 is 4.74 Å². The first-order chi connectivity index (χ1) is 14.6. The largest absolute Gasteiger partial charge is 0.496 e. The normalized spacial score (nSPS) is 15.7. The van der Waals surface area contributed by atoms with Crippen LogP contribution in [0.3, 0.4) is 0 Å². The Morgan fingerprint density at radius 1 is 1.23 bits per heavy atom. The van der Waals surface area contributed by atoms with Crippen molar-refractivity contribution in [2.24, 2.45) is 5.92 Å². The fourth-order valence-electron chi connectivity index (χ4n) is 3.19. The molecule has 1 atom stereocenters. The van der Waals surface area contributed by atoms with Crippen LogP contribution in [0.25, 0.3) is 6.08 Å². The molecule has 0 spiro atoms. The molecule has 0 amide bonds. The van der Waals surface area contributed by atoms with Crippen LogP contribution in [0, 0.1) is 11.7 Å². The average molecular weight is 493 g/mol. The average Bonchev–Trinajstić information content (AvgIpc) is 2.67. The molecule has 31 heavy (non-hydrogen) atoms. The Balaban J connectivity index is 1.87. The first-order valence-electron chi connectivity index (χ1n) is 9.28. The number of hydrogen-bond donors (Lipinski definition) is 0. The highest BCUT2D eigenvalue weighted by Crippen LogP contribution is 2.39. The van der Waals surface area contributed by atoms with E-state index in [2.05, 4.69) is 0 Å². The molecule has 3 rings (SSSR count). The van der Waals surface area contributed by atoms with Crippen molar-refractivity contribution < 1.29 is 27.1 Å². The Bertz CT molecular complexity index is 980. The summed E-state index contributed by atoms with van der Waals surface area (Å²) in [5.41, 5.74) is 0.541. The van der Waals surface area contributed by atoms with Gasteiger partial charge in [0.2, 0.25) is 0 Å². The van der Waals surface area contributed by atoms with Crippen LogP contribution in [0.15, 0.2) is 36.4 Å². The SMILES string of the molecule is COc1cc(/C=C/C(c2cc(Cl)c(F)c(Cl)c2)C(F)(F)F)ccc1C(=O)CC1CSC1. The summed E-state index contributed by atoms with van der Waals surface area (Å²) in [6.07, 6.45) is -2.03. The van der Waals surface area contributed by atoms with Gasteiger partial charge in [0.15, 0.2) is 11.6 Å². The Hall–Kier alpha value is -1.70. The summed E-state index contributed by atoms with van der Waals surface area (Å²) in [5.74, 6) is -0.523. The fraction of sp³-hybridized carbons (Fsp3) is 0.318. The van der Waals surface area contributed by atoms with Crippen LogP contribution in [-0.2, 0) is 0 Å². The number of halogens is 6.